The van der Waals surface area contributed by atoms with Crippen LogP contribution in [0.4, 0.5) is 5.13 Å². The lowest BCUT2D eigenvalue weighted by Gasteiger charge is -2.36. The molecule has 2 aromatic rings. The third-order valence-corrected chi connectivity index (χ3v) is 4.24. The molecule has 3 rings (SSSR count). The summed E-state index contributed by atoms with van der Waals surface area (Å²) in [6, 6.07) is 8.77. The van der Waals surface area contributed by atoms with Gasteiger partial charge in [-0.15, -0.1) is 0 Å². The third kappa shape index (κ3) is 1.89. The molecule has 94 valence electrons. The third-order valence-electron chi connectivity index (χ3n) is 3.40. The van der Waals surface area contributed by atoms with Crippen LogP contribution >= 0.6 is 11.5 Å². The van der Waals surface area contributed by atoms with Crippen molar-refractivity contribution >= 4 is 16.7 Å². The van der Waals surface area contributed by atoms with Gasteiger partial charge in [-0.3, -0.25) is 0 Å². The standard InChI is InChI=1S/C13H16N4S/c1-9-15-13(18-16-9)17-7-6-10-4-2-3-5-11(10)12(17)8-14/h2-5,12H,6-8,14H2,1H3. The molecule has 1 unspecified atom stereocenters. The minimum Gasteiger partial charge on any atom is -0.338 e. The fourth-order valence-corrected chi connectivity index (χ4v) is 3.29. The van der Waals surface area contributed by atoms with E-state index in [0.29, 0.717) is 6.54 Å². The first-order valence-electron chi connectivity index (χ1n) is 6.14. The Hall–Kier alpha value is -1.46. The normalized spacial score (nSPS) is 18.8. The van der Waals surface area contributed by atoms with E-state index < -0.39 is 0 Å². The maximum absolute atomic E-state index is 5.97. The Kier molecular flexibility index (Phi) is 3.01. The first-order valence-corrected chi connectivity index (χ1v) is 6.92. The Morgan fingerprint density at radius 2 is 2.28 bits per heavy atom. The molecule has 0 aliphatic carbocycles. The van der Waals surface area contributed by atoms with Crippen molar-refractivity contribution in [2.45, 2.75) is 19.4 Å². The van der Waals surface area contributed by atoms with Gasteiger partial charge in [-0.25, -0.2) is 4.98 Å². The van der Waals surface area contributed by atoms with Gasteiger partial charge < -0.3 is 10.6 Å². The highest BCUT2D eigenvalue weighted by atomic mass is 32.1. The number of aromatic nitrogens is 2. The monoisotopic (exact) mass is 260 g/mol. The van der Waals surface area contributed by atoms with E-state index in [9.17, 15) is 0 Å². The van der Waals surface area contributed by atoms with E-state index >= 15 is 0 Å². The molecule has 0 saturated heterocycles. The van der Waals surface area contributed by atoms with Gasteiger partial charge in [-0.2, -0.15) is 4.37 Å². The van der Waals surface area contributed by atoms with E-state index in [1.54, 1.807) is 0 Å². The average molecular weight is 260 g/mol. The predicted octanol–water partition coefficient (Wildman–Crippen LogP) is 1.91. The summed E-state index contributed by atoms with van der Waals surface area (Å²) in [5.74, 6) is 0.838. The molecule has 0 radical (unpaired) electrons. The molecule has 4 nitrogen and oxygen atoms in total. The summed E-state index contributed by atoms with van der Waals surface area (Å²) in [4.78, 5) is 6.77. The highest BCUT2D eigenvalue weighted by Gasteiger charge is 2.28. The highest BCUT2D eigenvalue weighted by Crippen LogP contribution is 2.33. The van der Waals surface area contributed by atoms with Crippen LogP contribution in [0.3, 0.4) is 0 Å². The topological polar surface area (TPSA) is 55.0 Å². The lowest BCUT2D eigenvalue weighted by Crippen LogP contribution is -2.39. The Labute approximate surface area is 111 Å². The zero-order valence-corrected chi connectivity index (χ0v) is 11.2. The number of hydrogen-bond donors (Lipinski definition) is 1. The van der Waals surface area contributed by atoms with Gasteiger partial charge in [0.15, 0.2) is 0 Å². The molecular formula is C13H16N4S. The van der Waals surface area contributed by atoms with Gasteiger partial charge in [0.05, 0.1) is 6.04 Å². The zero-order chi connectivity index (χ0) is 12.5. The van der Waals surface area contributed by atoms with Crippen LogP contribution in [-0.4, -0.2) is 22.4 Å². The van der Waals surface area contributed by atoms with Crippen molar-refractivity contribution < 1.29 is 0 Å². The van der Waals surface area contributed by atoms with E-state index in [4.69, 9.17) is 5.73 Å². The van der Waals surface area contributed by atoms with Gasteiger partial charge in [0.25, 0.3) is 0 Å². The number of benzene rings is 1. The Bertz CT molecular complexity index is 551. The lowest BCUT2D eigenvalue weighted by atomic mass is 9.93. The van der Waals surface area contributed by atoms with Gasteiger partial charge in [-0.05, 0) is 24.5 Å². The van der Waals surface area contributed by atoms with Crippen molar-refractivity contribution in [1.82, 2.24) is 9.36 Å². The zero-order valence-electron chi connectivity index (χ0n) is 10.3. The molecule has 0 saturated carbocycles. The fraction of sp³-hybridized carbons (Fsp3) is 0.385. The second-order valence-corrected chi connectivity index (χ2v) is 5.25. The Morgan fingerprint density at radius 1 is 1.44 bits per heavy atom. The van der Waals surface area contributed by atoms with Crippen molar-refractivity contribution in [3.05, 3.63) is 41.2 Å². The van der Waals surface area contributed by atoms with Crippen LogP contribution in [-0.2, 0) is 6.42 Å². The van der Waals surface area contributed by atoms with Crippen molar-refractivity contribution in [3.8, 4) is 0 Å². The summed E-state index contributed by atoms with van der Waals surface area (Å²) in [6.07, 6.45) is 1.05. The van der Waals surface area contributed by atoms with E-state index in [1.165, 1.54) is 22.7 Å². The number of anilines is 1. The molecule has 1 aromatic heterocycles. The van der Waals surface area contributed by atoms with Crippen molar-refractivity contribution in [2.24, 2.45) is 5.73 Å². The van der Waals surface area contributed by atoms with E-state index in [-0.39, 0.29) is 6.04 Å². The largest absolute Gasteiger partial charge is 0.338 e. The van der Waals surface area contributed by atoms with Crippen LogP contribution in [0, 0.1) is 6.92 Å². The summed E-state index contributed by atoms with van der Waals surface area (Å²) in [5, 5.41) is 0.984. The van der Waals surface area contributed by atoms with Crippen molar-refractivity contribution in [3.63, 3.8) is 0 Å². The van der Waals surface area contributed by atoms with Gasteiger partial charge in [0, 0.05) is 24.6 Å². The number of hydrogen-bond acceptors (Lipinski definition) is 5. The smallest absolute Gasteiger partial charge is 0.205 e. The maximum Gasteiger partial charge on any atom is 0.205 e. The summed E-state index contributed by atoms with van der Waals surface area (Å²) in [7, 11) is 0. The van der Waals surface area contributed by atoms with Gasteiger partial charge in [-0.1, -0.05) is 24.3 Å². The molecule has 5 heteroatoms. The molecule has 1 aliphatic rings. The lowest BCUT2D eigenvalue weighted by molar-refractivity contribution is 0.588. The number of rotatable bonds is 2. The summed E-state index contributed by atoms with van der Waals surface area (Å²) in [6.45, 7) is 3.50. The molecule has 0 fully saturated rings. The Balaban J connectivity index is 1.99. The number of aryl methyl sites for hydroxylation is 1. The van der Waals surface area contributed by atoms with Crippen LogP contribution in [0.1, 0.15) is 23.0 Å². The van der Waals surface area contributed by atoms with E-state index in [2.05, 4.69) is 38.5 Å². The summed E-state index contributed by atoms with van der Waals surface area (Å²) >= 11 is 1.46. The van der Waals surface area contributed by atoms with Gasteiger partial charge >= 0.3 is 0 Å². The average Bonchev–Trinajstić information content (AvgIpc) is 2.84. The van der Waals surface area contributed by atoms with E-state index in [1.807, 2.05) is 6.92 Å². The maximum atomic E-state index is 5.97. The molecule has 1 atom stereocenters. The van der Waals surface area contributed by atoms with Crippen LogP contribution in [0.5, 0.6) is 0 Å². The number of fused-ring (bicyclic) bond motifs is 1. The SMILES string of the molecule is Cc1nsc(N2CCc3ccccc3C2CN)n1. The fourth-order valence-electron chi connectivity index (χ4n) is 2.54. The first-order chi connectivity index (χ1) is 8.79. The molecule has 2 heterocycles. The second-order valence-electron chi connectivity index (χ2n) is 4.52. The van der Waals surface area contributed by atoms with E-state index in [0.717, 1.165) is 23.9 Å². The Morgan fingerprint density at radius 3 is 3.00 bits per heavy atom. The van der Waals surface area contributed by atoms with Crippen LogP contribution in [0.25, 0.3) is 0 Å². The van der Waals surface area contributed by atoms with Crippen LogP contribution in [0.2, 0.25) is 0 Å². The highest BCUT2D eigenvalue weighted by molar-refractivity contribution is 7.09. The number of nitrogens with two attached hydrogens (primary N) is 1. The molecular weight excluding hydrogens is 244 g/mol. The molecule has 18 heavy (non-hydrogen) atoms. The molecule has 2 N–H and O–H groups in total. The summed E-state index contributed by atoms with van der Waals surface area (Å²) in [5.41, 5.74) is 8.71. The molecule has 0 spiro atoms. The van der Waals surface area contributed by atoms with Crippen molar-refractivity contribution in [1.29, 1.82) is 0 Å². The van der Waals surface area contributed by atoms with Gasteiger partial charge in [0.2, 0.25) is 5.13 Å². The molecule has 0 amide bonds. The molecule has 1 aliphatic heterocycles. The second kappa shape index (κ2) is 4.66. The number of nitrogens with zero attached hydrogens (tertiary/aromatic N) is 3. The minimum atomic E-state index is 0.224. The minimum absolute atomic E-state index is 0.224. The predicted molar refractivity (Wildman–Crippen MR) is 73.9 cm³/mol. The van der Waals surface area contributed by atoms with Crippen LogP contribution in [0.15, 0.2) is 24.3 Å². The molecule has 0 bridgehead atoms. The van der Waals surface area contributed by atoms with Crippen LogP contribution < -0.4 is 10.6 Å². The van der Waals surface area contributed by atoms with Gasteiger partial charge in [0.1, 0.15) is 5.82 Å². The van der Waals surface area contributed by atoms with Crippen molar-refractivity contribution in [2.75, 3.05) is 18.0 Å². The summed E-state index contributed by atoms with van der Waals surface area (Å²) < 4.78 is 4.26. The molecule has 1 aromatic carbocycles. The quantitative estimate of drug-likeness (QED) is 0.896. The first kappa shape index (κ1) is 11.6.